The van der Waals surface area contributed by atoms with Crippen LogP contribution in [0.1, 0.15) is 5.69 Å². The monoisotopic (exact) mass is 173 g/mol. The molecule has 0 amide bonds. The van der Waals surface area contributed by atoms with Gasteiger partial charge in [-0.05, 0) is 18.2 Å². The predicted molar refractivity (Wildman–Crippen MR) is 39.3 cm³/mol. The van der Waals surface area contributed by atoms with Gasteiger partial charge in [-0.3, -0.25) is 4.98 Å². The Kier molecular flexibility index (Phi) is 2.47. The van der Waals surface area contributed by atoms with E-state index in [0.717, 1.165) is 6.08 Å². The van der Waals surface area contributed by atoms with Crippen LogP contribution in [0, 0.1) is 0 Å². The van der Waals surface area contributed by atoms with Crippen molar-refractivity contribution in [2.24, 2.45) is 0 Å². The van der Waals surface area contributed by atoms with Crippen molar-refractivity contribution in [3.8, 4) is 0 Å². The summed E-state index contributed by atoms with van der Waals surface area (Å²) in [5.41, 5.74) is 0.301. The van der Waals surface area contributed by atoms with Crippen molar-refractivity contribution in [2.45, 2.75) is 6.18 Å². The zero-order valence-corrected chi connectivity index (χ0v) is 6.05. The van der Waals surface area contributed by atoms with Crippen molar-refractivity contribution in [1.29, 1.82) is 0 Å². The summed E-state index contributed by atoms with van der Waals surface area (Å²) in [6.07, 6.45) is -1.73. The fourth-order valence-corrected chi connectivity index (χ4v) is 0.654. The Labute approximate surface area is 67.6 Å². The van der Waals surface area contributed by atoms with Crippen molar-refractivity contribution in [2.75, 3.05) is 0 Å². The van der Waals surface area contributed by atoms with Crippen molar-refractivity contribution in [1.82, 2.24) is 4.98 Å². The lowest BCUT2D eigenvalue weighted by molar-refractivity contribution is -0.0790. The predicted octanol–water partition coefficient (Wildman–Crippen LogP) is 2.66. The topological polar surface area (TPSA) is 12.9 Å². The molecule has 0 bridgehead atoms. The number of aromatic nitrogens is 1. The molecule has 0 unspecified atom stereocenters. The highest BCUT2D eigenvalue weighted by atomic mass is 19.4. The van der Waals surface area contributed by atoms with E-state index >= 15 is 0 Å². The quantitative estimate of drug-likeness (QED) is 0.636. The molecule has 12 heavy (non-hydrogen) atoms. The van der Waals surface area contributed by atoms with Crippen molar-refractivity contribution >= 4 is 6.08 Å². The Balaban J connectivity index is 2.71. The van der Waals surface area contributed by atoms with Gasteiger partial charge in [-0.2, -0.15) is 13.2 Å². The maximum atomic E-state index is 11.6. The van der Waals surface area contributed by atoms with Crippen LogP contribution in [0.15, 0.2) is 30.5 Å². The van der Waals surface area contributed by atoms with Crippen LogP contribution in [0.4, 0.5) is 13.2 Å². The highest BCUT2D eigenvalue weighted by Gasteiger charge is 2.21. The van der Waals surface area contributed by atoms with Gasteiger partial charge in [-0.15, -0.1) is 0 Å². The molecular formula is C8H6F3N. The van der Waals surface area contributed by atoms with Gasteiger partial charge >= 0.3 is 6.18 Å². The normalized spacial score (nSPS) is 12.2. The van der Waals surface area contributed by atoms with Crippen molar-refractivity contribution in [3.05, 3.63) is 36.2 Å². The second-order valence-electron chi connectivity index (χ2n) is 2.13. The number of halogens is 3. The van der Waals surface area contributed by atoms with Gasteiger partial charge in [-0.25, -0.2) is 0 Å². The molecule has 0 N–H and O–H groups in total. The molecule has 64 valence electrons. The molecule has 0 radical (unpaired) electrons. The Bertz CT molecular complexity index is 263. The summed E-state index contributed by atoms with van der Waals surface area (Å²) >= 11 is 0. The first-order chi connectivity index (χ1) is 5.58. The van der Waals surface area contributed by atoms with Gasteiger partial charge in [0.2, 0.25) is 0 Å². The molecule has 1 aromatic rings. The zero-order valence-electron chi connectivity index (χ0n) is 6.05. The maximum Gasteiger partial charge on any atom is 0.409 e. The highest BCUT2D eigenvalue weighted by Crippen LogP contribution is 2.17. The molecule has 0 aliphatic carbocycles. The molecule has 0 aliphatic rings. The summed E-state index contributed by atoms with van der Waals surface area (Å²) in [4.78, 5) is 3.70. The van der Waals surface area contributed by atoms with Crippen LogP contribution in [-0.4, -0.2) is 11.2 Å². The maximum absolute atomic E-state index is 11.6. The lowest BCUT2D eigenvalue weighted by Crippen LogP contribution is -2.00. The average molecular weight is 173 g/mol. The number of alkyl halides is 3. The molecule has 1 nitrogen and oxygen atoms in total. The molecule has 0 aliphatic heterocycles. The molecule has 0 saturated carbocycles. The van der Waals surface area contributed by atoms with Crippen LogP contribution in [0.2, 0.25) is 0 Å². The Hall–Kier alpha value is -1.32. The van der Waals surface area contributed by atoms with Crippen LogP contribution >= 0.6 is 0 Å². The van der Waals surface area contributed by atoms with Crippen LogP contribution < -0.4 is 0 Å². The van der Waals surface area contributed by atoms with E-state index in [-0.39, 0.29) is 6.08 Å². The minimum atomic E-state index is -4.27. The number of hydrogen-bond donors (Lipinski definition) is 0. The third-order valence-corrected chi connectivity index (χ3v) is 1.13. The van der Waals surface area contributed by atoms with Crippen LogP contribution in [-0.2, 0) is 0 Å². The molecule has 0 aromatic carbocycles. The van der Waals surface area contributed by atoms with Gasteiger partial charge in [0, 0.05) is 12.3 Å². The lowest BCUT2D eigenvalue weighted by Gasteiger charge is -1.96. The number of pyridine rings is 1. The standard InChI is InChI=1S/C8H6F3N/c9-8(10,11)5-4-7-3-1-2-6-12-7/h1-6H/b5-4-. The van der Waals surface area contributed by atoms with E-state index in [1.54, 1.807) is 12.1 Å². The van der Waals surface area contributed by atoms with Crippen molar-refractivity contribution < 1.29 is 13.2 Å². The molecule has 0 spiro atoms. The summed E-state index contributed by atoms with van der Waals surface area (Å²) in [6, 6.07) is 4.77. The minimum Gasteiger partial charge on any atom is -0.257 e. The van der Waals surface area contributed by atoms with E-state index < -0.39 is 6.18 Å². The van der Waals surface area contributed by atoms with Gasteiger partial charge < -0.3 is 0 Å². The molecule has 1 aromatic heterocycles. The zero-order chi connectivity index (χ0) is 9.03. The van der Waals surface area contributed by atoms with Gasteiger partial charge in [0.15, 0.2) is 0 Å². The fourth-order valence-electron chi connectivity index (χ4n) is 0.654. The third kappa shape index (κ3) is 3.18. The third-order valence-electron chi connectivity index (χ3n) is 1.13. The van der Waals surface area contributed by atoms with Gasteiger partial charge in [0.25, 0.3) is 0 Å². The van der Waals surface area contributed by atoms with Crippen LogP contribution in [0.3, 0.4) is 0 Å². The minimum absolute atomic E-state index is 0.162. The van der Waals surface area contributed by atoms with Gasteiger partial charge in [0.1, 0.15) is 0 Å². The largest absolute Gasteiger partial charge is 0.409 e. The first kappa shape index (κ1) is 8.77. The molecule has 0 saturated heterocycles. The molecule has 4 heteroatoms. The summed E-state index contributed by atoms with van der Waals surface area (Å²) in [5, 5.41) is 0. The van der Waals surface area contributed by atoms with Crippen LogP contribution in [0.5, 0.6) is 0 Å². The van der Waals surface area contributed by atoms with Crippen molar-refractivity contribution in [3.63, 3.8) is 0 Å². The number of nitrogens with zero attached hydrogens (tertiary/aromatic N) is 1. The Morgan fingerprint density at radius 2 is 2.00 bits per heavy atom. The second kappa shape index (κ2) is 3.38. The first-order valence-corrected chi connectivity index (χ1v) is 3.25. The SMILES string of the molecule is FC(F)(F)/C=C\c1ccccn1. The van der Waals surface area contributed by atoms with E-state index in [4.69, 9.17) is 0 Å². The van der Waals surface area contributed by atoms with Gasteiger partial charge in [-0.1, -0.05) is 6.07 Å². The second-order valence-corrected chi connectivity index (χ2v) is 2.13. The average Bonchev–Trinajstić information content (AvgIpc) is 2.02. The fraction of sp³-hybridized carbons (Fsp3) is 0.125. The smallest absolute Gasteiger partial charge is 0.257 e. The Morgan fingerprint density at radius 1 is 1.25 bits per heavy atom. The number of allylic oxidation sites excluding steroid dienone is 1. The van der Waals surface area contributed by atoms with Gasteiger partial charge in [0.05, 0.1) is 5.69 Å². The van der Waals surface area contributed by atoms with E-state index in [1.807, 2.05) is 0 Å². The number of rotatable bonds is 1. The number of hydrogen-bond acceptors (Lipinski definition) is 1. The highest BCUT2D eigenvalue weighted by molar-refractivity contribution is 5.44. The molecule has 0 fully saturated rings. The van der Waals surface area contributed by atoms with E-state index in [1.165, 1.54) is 12.3 Å². The molecule has 1 heterocycles. The molecule has 1 rings (SSSR count). The molecular weight excluding hydrogens is 167 g/mol. The summed E-state index contributed by atoms with van der Waals surface area (Å²) in [6.45, 7) is 0. The first-order valence-electron chi connectivity index (χ1n) is 3.25. The van der Waals surface area contributed by atoms with E-state index in [2.05, 4.69) is 4.98 Å². The van der Waals surface area contributed by atoms with E-state index in [9.17, 15) is 13.2 Å². The van der Waals surface area contributed by atoms with Crippen LogP contribution in [0.25, 0.3) is 6.08 Å². The lowest BCUT2D eigenvalue weighted by atomic mass is 10.3. The summed E-state index contributed by atoms with van der Waals surface area (Å²) in [7, 11) is 0. The summed E-state index contributed by atoms with van der Waals surface area (Å²) < 4.78 is 34.9. The summed E-state index contributed by atoms with van der Waals surface area (Å²) in [5.74, 6) is 0. The van der Waals surface area contributed by atoms with E-state index in [0.29, 0.717) is 5.69 Å². The molecule has 0 atom stereocenters. The Morgan fingerprint density at radius 3 is 2.50 bits per heavy atom.